The highest BCUT2D eigenvalue weighted by Crippen LogP contribution is 2.25. The fourth-order valence-electron chi connectivity index (χ4n) is 0.787. The van der Waals surface area contributed by atoms with Gasteiger partial charge in [0, 0.05) is 16.3 Å². The number of benzene rings is 1. The fourth-order valence-corrected chi connectivity index (χ4v) is 1.33. The van der Waals surface area contributed by atoms with Gasteiger partial charge in [0.25, 0.3) is 0 Å². The smallest absolute Gasteiger partial charge is 0.301 e. The quantitative estimate of drug-likeness (QED) is 0.760. The van der Waals surface area contributed by atoms with Crippen molar-refractivity contribution in [2.75, 3.05) is 5.32 Å². The van der Waals surface area contributed by atoms with Crippen LogP contribution in [-0.4, -0.2) is 5.91 Å². The molecule has 1 amide bonds. The molecule has 1 N–H and O–H groups in total. The van der Waals surface area contributed by atoms with E-state index in [1.165, 1.54) is 6.07 Å². The van der Waals surface area contributed by atoms with Gasteiger partial charge in [0.15, 0.2) is 0 Å². The molecule has 0 aromatic heterocycles. The molecule has 0 spiro atoms. The molecule has 0 saturated heterocycles. The Balaban J connectivity index is 2.85. The summed E-state index contributed by atoms with van der Waals surface area (Å²) < 4.78 is 0. The Labute approximate surface area is 96.1 Å². The molecule has 0 atom stereocenters. The van der Waals surface area contributed by atoms with Crippen LogP contribution < -0.4 is 5.32 Å². The van der Waals surface area contributed by atoms with Gasteiger partial charge in [0.2, 0.25) is 0 Å². The Kier molecular flexibility index (Phi) is 4.09. The molecule has 1 rings (SSSR count). The molecule has 0 saturated carbocycles. The Bertz CT molecular complexity index is 420. The van der Waals surface area contributed by atoms with Crippen molar-refractivity contribution in [1.29, 1.82) is 0 Å². The van der Waals surface area contributed by atoms with Gasteiger partial charge in [0.05, 0.1) is 10.7 Å². The first-order valence-electron chi connectivity index (χ1n) is 3.51. The van der Waals surface area contributed by atoms with E-state index >= 15 is 0 Å². The van der Waals surface area contributed by atoms with Crippen LogP contribution in [-0.2, 0) is 4.79 Å². The summed E-state index contributed by atoms with van der Waals surface area (Å²) in [7, 11) is 0. The Hall–Kier alpha value is -0.880. The second kappa shape index (κ2) is 5.11. The van der Waals surface area contributed by atoms with Crippen molar-refractivity contribution in [3.8, 4) is 11.3 Å². The monoisotopic (exact) mass is 247 g/mol. The second-order valence-corrected chi connectivity index (χ2v) is 3.33. The molecule has 1 aromatic carbocycles. The van der Waals surface area contributed by atoms with E-state index in [-0.39, 0.29) is 0 Å². The number of hydrogen-bond donors (Lipinski definition) is 1. The zero-order valence-electron chi connectivity index (χ0n) is 6.77. The summed E-state index contributed by atoms with van der Waals surface area (Å²) in [5.41, 5.74) is 0.445. The Morgan fingerprint density at radius 1 is 1.36 bits per heavy atom. The standard InChI is InChI=1S/C9H4Cl3NO/c10-4-3-9(14)13-8-2-1-6(11)5-7(8)12/h1-2,5H,(H,13,14). The molecule has 2 nitrogen and oxygen atoms in total. The lowest BCUT2D eigenvalue weighted by Crippen LogP contribution is -2.08. The summed E-state index contributed by atoms with van der Waals surface area (Å²) in [6.45, 7) is 0. The molecule has 14 heavy (non-hydrogen) atoms. The number of anilines is 1. The fraction of sp³-hybridized carbons (Fsp3) is 0. The van der Waals surface area contributed by atoms with E-state index in [2.05, 4.69) is 11.2 Å². The zero-order valence-corrected chi connectivity index (χ0v) is 9.04. The van der Waals surface area contributed by atoms with Crippen LogP contribution in [0.1, 0.15) is 0 Å². The molecule has 0 aliphatic heterocycles. The van der Waals surface area contributed by atoms with Gasteiger partial charge in [-0.3, -0.25) is 4.79 Å². The SMILES string of the molecule is O=C(C#CCl)Nc1ccc(Cl)cc1Cl. The Morgan fingerprint density at radius 2 is 2.07 bits per heavy atom. The summed E-state index contributed by atoms with van der Waals surface area (Å²) in [6.07, 6.45) is 0. The molecule has 72 valence electrons. The Morgan fingerprint density at radius 3 is 2.64 bits per heavy atom. The number of carbonyl (C=O) groups is 1. The summed E-state index contributed by atoms with van der Waals surface area (Å²) in [5.74, 6) is 1.59. The average molecular weight is 248 g/mol. The van der Waals surface area contributed by atoms with Crippen LogP contribution in [0.15, 0.2) is 18.2 Å². The third-order valence-electron chi connectivity index (χ3n) is 1.34. The zero-order chi connectivity index (χ0) is 10.6. The first-order chi connectivity index (χ1) is 6.63. The maximum atomic E-state index is 11.0. The maximum Gasteiger partial charge on any atom is 0.301 e. The third-order valence-corrected chi connectivity index (χ3v) is 1.98. The number of amides is 1. The minimum Gasteiger partial charge on any atom is -0.314 e. The molecule has 0 heterocycles. The van der Waals surface area contributed by atoms with Crippen LogP contribution in [0.2, 0.25) is 10.0 Å². The van der Waals surface area contributed by atoms with Crippen LogP contribution in [0.5, 0.6) is 0 Å². The highest BCUT2D eigenvalue weighted by atomic mass is 35.5. The number of halogens is 3. The number of carbonyl (C=O) groups excluding carboxylic acids is 1. The molecule has 5 heteroatoms. The predicted octanol–water partition coefficient (Wildman–Crippen LogP) is 3.13. The van der Waals surface area contributed by atoms with Gasteiger partial charge < -0.3 is 5.32 Å². The number of nitrogens with one attached hydrogen (secondary N) is 1. The lowest BCUT2D eigenvalue weighted by atomic mass is 10.3. The summed E-state index contributed by atoms with van der Waals surface area (Å²) >= 11 is 16.5. The van der Waals surface area contributed by atoms with Crippen LogP contribution in [0.25, 0.3) is 0 Å². The van der Waals surface area contributed by atoms with E-state index in [1.54, 1.807) is 12.1 Å². The topological polar surface area (TPSA) is 29.1 Å². The van der Waals surface area contributed by atoms with Crippen molar-refractivity contribution in [2.45, 2.75) is 0 Å². The van der Waals surface area contributed by atoms with E-state index in [1.807, 2.05) is 5.38 Å². The summed E-state index contributed by atoms with van der Waals surface area (Å²) in [5, 5.41) is 5.26. The summed E-state index contributed by atoms with van der Waals surface area (Å²) in [4.78, 5) is 11.0. The van der Waals surface area contributed by atoms with E-state index < -0.39 is 5.91 Å². The van der Waals surface area contributed by atoms with E-state index in [0.717, 1.165) is 0 Å². The number of hydrogen-bond acceptors (Lipinski definition) is 1. The molecule has 0 aliphatic rings. The highest BCUT2D eigenvalue weighted by molar-refractivity contribution is 6.37. The van der Waals surface area contributed by atoms with Crippen molar-refractivity contribution in [3.63, 3.8) is 0 Å². The first-order valence-corrected chi connectivity index (χ1v) is 4.64. The molecule has 0 unspecified atom stereocenters. The lowest BCUT2D eigenvalue weighted by Gasteiger charge is -2.03. The van der Waals surface area contributed by atoms with Gasteiger partial charge in [-0.2, -0.15) is 0 Å². The van der Waals surface area contributed by atoms with Gasteiger partial charge in [0.1, 0.15) is 0 Å². The molecular weight excluding hydrogens is 244 g/mol. The van der Waals surface area contributed by atoms with Crippen molar-refractivity contribution in [1.82, 2.24) is 0 Å². The molecular formula is C9H4Cl3NO. The van der Waals surface area contributed by atoms with Gasteiger partial charge in [-0.25, -0.2) is 0 Å². The van der Waals surface area contributed by atoms with Crippen molar-refractivity contribution in [2.24, 2.45) is 0 Å². The van der Waals surface area contributed by atoms with Gasteiger partial charge >= 0.3 is 5.91 Å². The van der Waals surface area contributed by atoms with E-state index in [4.69, 9.17) is 34.8 Å². The largest absolute Gasteiger partial charge is 0.314 e. The first kappa shape index (κ1) is 11.2. The van der Waals surface area contributed by atoms with Crippen LogP contribution in [0, 0.1) is 11.3 Å². The normalized spacial score (nSPS) is 8.79. The number of rotatable bonds is 1. The predicted molar refractivity (Wildman–Crippen MR) is 58.7 cm³/mol. The average Bonchev–Trinajstić information content (AvgIpc) is 2.10. The molecule has 1 aromatic rings. The van der Waals surface area contributed by atoms with Crippen molar-refractivity contribution >= 4 is 46.4 Å². The highest BCUT2D eigenvalue weighted by Gasteiger charge is 2.03. The minimum atomic E-state index is -0.524. The van der Waals surface area contributed by atoms with Gasteiger partial charge in [-0.1, -0.05) is 23.2 Å². The third kappa shape index (κ3) is 3.12. The van der Waals surface area contributed by atoms with E-state index in [0.29, 0.717) is 15.7 Å². The van der Waals surface area contributed by atoms with Crippen LogP contribution in [0.4, 0.5) is 5.69 Å². The van der Waals surface area contributed by atoms with E-state index in [9.17, 15) is 4.79 Å². The second-order valence-electron chi connectivity index (χ2n) is 2.30. The maximum absolute atomic E-state index is 11.0. The summed E-state index contributed by atoms with van der Waals surface area (Å²) in [6, 6.07) is 4.71. The molecule has 0 bridgehead atoms. The molecule has 0 aliphatic carbocycles. The van der Waals surface area contributed by atoms with Crippen LogP contribution in [0.3, 0.4) is 0 Å². The van der Waals surface area contributed by atoms with Crippen molar-refractivity contribution in [3.05, 3.63) is 28.2 Å². The van der Waals surface area contributed by atoms with Gasteiger partial charge in [-0.15, -0.1) is 0 Å². The van der Waals surface area contributed by atoms with Crippen molar-refractivity contribution < 1.29 is 4.79 Å². The van der Waals surface area contributed by atoms with Crippen LogP contribution >= 0.6 is 34.8 Å². The molecule has 0 radical (unpaired) electrons. The van der Waals surface area contributed by atoms with Gasteiger partial charge in [-0.05, 0) is 29.8 Å². The minimum absolute atomic E-state index is 0.349. The lowest BCUT2D eigenvalue weighted by molar-refractivity contribution is -0.111. The molecule has 0 fully saturated rings.